The maximum atomic E-state index is 9.36. The Morgan fingerprint density at radius 2 is 1.93 bits per heavy atom. The van der Waals surface area contributed by atoms with Crippen LogP contribution in [0.2, 0.25) is 0 Å². The second-order valence-electron chi connectivity index (χ2n) is 5.35. The molecule has 0 heterocycles. The van der Waals surface area contributed by atoms with Crippen molar-refractivity contribution in [1.29, 1.82) is 0 Å². The Labute approximate surface area is 93.5 Å². The average molecular weight is 211 g/mol. The maximum absolute atomic E-state index is 9.36. The fraction of sp³-hybridized carbons (Fsp3) is 1.00. The fourth-order valence-corrected chi connectivity index (χ4v) is 3.01. The number of aliphatic hydroxyl groups is 1. The summed E-state index contributed by atoms with van der Waals surface area (Å²) >= 11 is 0. The Morgan fingerprint density at radius 1 is 1.20 bits per heavy atom. The minimum absolute atomic E-state index is 0.374. The molecular weight excluding hydrogens is 186 g/mol. The molecule has 0 saturated heterocycles. The summed E-state index contributed by atoms with van der Waals surface area (Å²) in [4.78, 5) is 0. The van der Waals surface area contributed by atoms with E-state index in [1.165, 1.54) is 44.9 Å². The van der Waals surface area contributed by atoms with Crippen molar-refractivity contribution >= 4 is 0 Å². The molecule has 0 amide bonds. The van der Waals surface area contributed by atoms with E-state index in [0.29, 0.717) is 18.6 Å². The van der Waals surface area contributed by atoms with Crippen LogP contribution in [-0.2, 0) is 0 Å². The minimum Gasteiger partial charge on any atom is -0.396 e. The Bertz CT molecular complexity index is 191. The van der Waals surface area contributed by atoms with Crippen LogP contribution in [-0.4, -0.2) is 23.8 Å². The van der Waals surface area contributed by atoms with Crippen molar-refractivity contribution in [2.45, 2.75) is 64.0 Å². The lowest BCUT2D eigenvalue weighted by molar-refractivity contribution is 0.142. The van der Waals surface area contributed by atoms with Gasteiger partial charge in [-0.15, -0.1) is 0 Å². The third kappa shape index (κ3) is 2.94. The van der Waals surface area contributed by atoms with Crippen molar-refractivity contribution < 1.29 is 5.11 Å². The lowest BCUT2D eigenvalue weighted by Gasteiger charge is -2.34. The highest BCUT2D eigenvalue weighted by molar-refractivity contribution is 4.90. The van der Waals surface area contributed by atoms with Gasteiger partial charge in [-0.3, -0.25) is 0 Å². The van der Waals surface area contributed by atoms with Crippen LogP contribution in [0.3, 0.4) is 0 Å². The molecule has 2 fully saturated rings. The Hall–Kier alpha value is -0.0800. The van der Waals surface area contributed by atoms with Crippen molar-refractivity contribution in [3.8, 4) is 0 Å². The van der Waals surface area contributed by atoms with Gasteiger partial charge in [-0.2, -0.15) is 0 Å². The van der Waals surface area contributed by atoms with Gasteiger partial charge in [-0.05, 0) is 43.9 Å². The largest absolute Gasteiger partial charge is 0.396 e. The monoisotopic (exact) mass is 211 g/mol. The van der Waals surface area contributed by atoms with E-state index in [1.54, 1.807) is 0 Å². The van der Waals surface area contributed by atoms with E-state index in [2.05, 4.69) is 12.2 Å². The molecule has 2 N–H and O–H groups in total. The van der Waals surface area contributed by atoms with Gasteiger partial charge >= 0.3 is 0 Å². The lowest BCUT2D eigenvalue weighted by Crippen LogP contribution is -2.46. The number of hydrogen-bond donors (Lipinski definition) is 2. The van der Waals surface area contributed by atoms with Crippen LogP contribution in [0, 0.1) is 11.8 Å². The summed E-state index contributed by atoms with van der Waals surface area (Å²) in [5, 5.41) is 13.2. The number of hydrogen-bond acceptors (Lipinski definition) is 2. The van der Waals surface area contributed by atoms with E-state index in [-0.39, 0.29) is 0 Å². The minimum atomic E-state index is 0.374. The first-order valence-electron chi connectivity index (χ1n) is 6.72. The van der Waals surface area contributed by atoms with E-state index in [0.717, 1.165) is 12.0 Å². The highest BCUT2D eigenvalue weighted by atomic mass is 16.3. The molecule has 0 spiro atoms. The van der Waals surface area contributed by atoms with Crippen LogP contribution in [0.5, 0.6) is 0 Å². The Balaban J connectivity index is 1.84. The molecule has 2 saturated carbocycles. The van der Waals surface area contributed by atoms with Crippen LogP contribution < -0.4 is 5.32 Å². The quantitative estimate of drug-likeness (QED) is 0.731. The molecule has 3 atom stereocenters. The molecule has 2 rings (SSSR count). The van der Waals surface area contributed by atoms with E-state index in [1.807, 2.05) is 0 Å². The van der Waals surface area contributed by atoms with Crippen molar-refractivity contribution in [3.63, 3.8) is 0 Å². The van der Waals surface area contributed by atoms with E-state index < -0.39 is 0 Å². The average Bonchev–Trinajstić information content (AvgIpc) is 3.10. The normalized spacial score (nSPS) is 34.0. The predicted octanol–water partition coefficient (Wildman–Crippen LogP) is 2.32. The molecule has 0 aromatic rings. The van der Waals surface area contributed by atoms with Crippen molar-refractivity contribution in [3.05, 3.63) is 0 Å². The molecule has 0 aromatic carbocycles. The van der Waals surface area contributed by atoms with Gasteiger partial charge < -0.3 is 10.4 Å². The first-order chi connectivity index (χ1) is 7.35. The maximum Gasteiger partial charge on any atom is 0.0474 e. The molecule has 3 unspecified atom stereocenters. The SMILES string of the molecule is CCC(NC1CCCCC1CO)C1CC1. The van der Waals surface area contributed by atoms with Crippen LogP contribution in [0.4, 0.5) is 0 Å². The van der Waals surface area contributed by atoms with Gasteiger partial charge in [0.1, 0.15) is 0 Å². The van der Waals surface area contributed by atoms with Gasteiger partial charge in [0.05, 0.1) is 0 Å². The van der Waals surface area contributed by atoms with Crippen molar-refractivity contribution in [2.24, 2.45) is 11.8 Å². The first-order valence-corrected chi connectivity index (χ1v) is 6.72. The van der Waals surface area contributed by atoms with E-state index in [9.17, 15) is 5.11 Å². The smallest absolute Gasteiger partial charge is 0.0474 e. The summed E-state index contributed by atoms with van der Waals surface area (Å²) in [5.74, 6) is 1.46. The summed E-state index contributed by atoms with van der Waals surface area (Å²) < 4.78 is 0. The summed E-state index contributed by atoms with van der Waals surface area (Å²) in [7, 11) is 0. The van der Waals surface area contributed by atoms with Crippen LogP contribution >= 0.6 is 0 Å². The van der Waals surface area contributed by atoms with Gasteiger partial charge in [-0.1, -0.05) is 19.8 Å². The van der Waals surface area contributed by atoms with Crippen molar-refractivity contribution in [1.82, 2.24) is 5.32 Å². The van der Waals surface area contributed by atoms with E-state index in [4.69, 9.17) is 0 Å². The second-order valence-corrected chi connectivity index (χ2v) is 5.35. The zero-order valence-corrected chi connectivity index (χ0v) is 9.91. The molecule has 0 aromatic heterocycles. The van der Waals surface area contributed by atoms with Crippen molar-refractivity contribution in [2.75, 3.05) is 6.61 Å². The van der Waals surface area contributed by atoms with E-state index >= 15 is 0 Å². The molecule has 2 heteroatoms. The third-order valence-electron chi connectivity index (χ3n) is 4.20. The Morgan fingerprint density at radius 3 is 2.53 bits per heavy atom. The summed E-state index contributed by atoms with van der Waals surface area (Å²) in [5.41, 5.74) is 0. The number of nitrogens with one attached hydrogen (secondary N) is 1. The number of aliphatic hydroxyl groups excluding tert-OH is 1. The fourth-order valence-electron chi connectivity index (χ4n) is 3.01. The van der Waals surface area contributed by atoms with Gasteiger partial charge in [0.15, 0.2) is 0 Å². The summed E-state index contributed by atoms with van der Waals surface area (Å²) in [6, 6.07) is 1.32. The van der Waals surface area contributed by atoms with Crippen LogP contribution in [0.1, 0.15) is 51.9 Å². The zero-order valence-electron chi connectivity index (χ0n) is 9.91. The molecule has 0 aliphatic heterocycles. The van der Waals surface area contributed by atoms with Crippen LogP contribution in [0.25, 0.3) is 0 Å². The molecule has 0 bridgehead atoms. The molecule has 2 aliphatic rings. The van der Waals surface area contributed by atoms with Gasteiger partial charge in [0.25, 0.3) is 0 Å². The molecule has 0 radical (unpaired) electrons. The zero-order chi connectivity index (χ0) is 10.7. The predicted molar refractivity (Wildman–Crippen MR) is 62.8 cm³/mol. The van der Waals surface area contributed by atoms with Gasteiger partial charge in [0, 0.05) is 18.7 Å². The lowest BCUT2D eigenvalue weighted by atomic mass is 9.84. The molecular formula is C13H25NO. The highest BCUT2D eigenvalue weighted by Gasteiger charge is 2.33. The third-order valence-corrected chi connectivity index (χ3v) is 4.20. The molecule has 15 heavy (non-hydrogen) atoms. The van der Waals surface area contributed by atoms with Gasteiger partial charge in [-0.25, -0.2) is 0 Å². The van der Waals surface area contributed by atoms with Gasteiger partial charge in [0.2, 0.25) is 0 Å². The number of rotatable bonds is 5. The molecule has 88 valence electrons. The second kappa shape index (κ2) is 5.31. The van der Waals surface area contributed by atoms with Crippen LogP contribution in [0.15, 0.2) is 0 Å². The topological polar surface area (TPSA) is 32.3 Å². The summed E-state index contributed by atoms with van der Waals surface area (Å²) in [6.45, 7) is 2.66. The highest BCUT2D eigenvalue weighted by Crippen LogP contribution is 2.35. The summed E-state index contributed by atoms with van der Waals surface area (Å²) in [6.07, 6.45) is 9.23. The Kier molecular flexibility index (Phi) is 4.04. The first kappa shape index (κ1) is 11.4. The standard InChI is InChI=1S/C13H25NO/c1-2-12(10-7-8-10)14-13-6-4-3-5-11(13)9-15/h10-15H,2-9H2,1H3. The molecule has 2 nitrogen and oxygen atoms in total. The molecule has 2 aliphatic carbocycles.